The number of hydrogen-bond acceptors (Lipinski definition) is 5. The number of carbonyl (C=O) groups excluding carboxylic acids is 1. The van der Waals surface area contributed by atoms with Crippen LogP contribution >= 0.6 is 0 Å². The minimum atomic E-state index is -3.45. The highest BCUT2D eigenvalue weighted by molar-refractivity contribution is 7.89. The highest BCUT2D eigenvalue weighted by atomic mass is 32.2. The minimum Gasteiger partial charge on any atom is -0.482 e. The topological polar surface area (TPSA) is 81.7 Å². The third-order valence-electron chi connectivity index (χ3n) is 1.99. The molecule has 0 aliphatic rings. The van der Waals surface area contributed by atoms with Crippen LogP contribution in [0.5, 0.6) is 5.75 Å². The second kappa shape index (κ2) is 5.65. The Morgan fingerprint density at radius 1 is 1.29 bits per heavy atom. The average molecular weight is 259 g/mol. The molecule has 0 aliphatic heterocycles. The van der Waals surface area contributed by atoms with E-state index in [1.54, 1.807) is 0 Å². The van der Waals surface area contributed by atoms with E-state index in [0.29, 0.717) is 5.75 Å². The van der Waals surface area contributed by atoms with Crippen LogP contribution < -0.4 is 9.46 Å². The third kappa shape index (κ3) is 3.72. The van der Waals surface area contributed by atoms with Crippen LogP contribution in [-0.4, -0.2) is 35.2 Å². The van der Waals surface area contributed by atoms with Gasteiger partial charge in [0, 0.05) is 0 Å². The Labute approximate surface area is 99.6 Å². The molecule has 0 saturated heterocycles. The quantitative estimate of drug-likeness (QED) is 0.761. The van der Waals surface area contributed by atoms with Crippen molar-refractivity contribution in [3.05, 3.63) is 24.3 Å². The predicted molar refractivity (Wildman–Crippen MR) is 60.2 cm³/mol. The van der Waals surface area contributed by atoms with Gasteiger partial charge in [0.1, 0.15) is 5.75 Å². The van der Waals surface area contributed by atoms with Gasteiger partial charge in [-0.25, -0.2) is 17.9 Å². The molecule has 0 amide bonds. The van der Waals surface area contributed by atoms with E-state index >= 15 is 0 Å². The van der Waals surface area contributed by atoms with Gasteiger partial charge in [-0.15, -0.1) is 0 Å². The Morgan fingerprint density at radius 3 is 2.35 bits per heavy atom. The van der Waals surface area contributed by atoms with Crippen LogP contribution in [0.15, 0.2) is 29.2 Å². The molecule has 1 rings (SSSR count). The Hall–Kier alpha value is -1.60. The van der Waals surface area contributed by atoms with Gasteiger partial charge in [0.25, 0.3) is 0 Å². The molecular formula is C10H13NO5S. The number of carbonyl (C=O) groups is 1. The van der Waals surface area contributed by atoms with Gasteiger partial charge in [0.05, 0.1) is 12.0 Å². The Balaban J connectivity index is 2.72. The molecule has 6 nitrogen and oxygen atoms in total. The van der Waals surface area contributed by atoms with Crippen molar-refractivity contribution in [2.24, 2.45) is 0 Å². The summed E-state index contributed by atoms with van der Waals surface area (Å²) >= 11 is 0. The molecule has 1 N–H and O–H groups in total. The van der Waals surface area contributed by atoms with E-state index in [1.807, 2.05) is 0 Å². The first-order valence-electron chi connectivity index (χ1n) is 4.73. The molecule has 0 aliphatic carbocycles. The van der Waals surface area contributed by atoms with Crippen molar-refractivity contribution < 1.29 is 22.7 Å². The first kappa shape index (κ1) is 13.5. The lowest BCUT2D eigenvalue weighted by atomic mass is 10.3. The van der Waals surface area contributed by atoms with E-state index in [4.69, 9.17) is 4.74 Å². The van der Waals surface area contributed by atoms with Crippen LogP contribution in [0.4, 0.5) is 0 Å². The SMILES string of the molecule is CNS(=O)(=O)c1ccc(OCC(=O)OC)cc1. The lowest BCUT2D eigenvalue weighted by molar-refractivity contribution is -0.142. The largest absolute Gasteiger partial charge is 0.482 e. The minimum absolute atomic E-state index is 0.130. The lowest BCUT2D eigenvalue weighted by Gasteiger charge is -2.06. The number of hydrogen-bond donors (Lipinski definition) is 1. The Bertz CT molecular complexity index is 480. The highest BCUT2D eigenvalue weighted by Gasteiger charge is 2.10. The first-order valence-corrected chi connectivity index (χ1v) is 6.21. The molecule has 0 bridgehead atoms. The summed E-state index contributed by atoms with van der Waals surface area (Å²) in [5.74, 6) is -0.109. The van der Waals surface area contributed by atoms with Gasteiger partial charge in [-0.1, -0.05) is 0 Å². The van der Waals surface area contributed by atoms with Crippen molar-refractivity contribution in [2.75, 3.05) is 20.8 Å². The van der Waals surface area contributed by atoms with Gasteiger partial charge in [-0.2, -0.15) is 0 Å². The Kier molecular flexibility index (Phi) is 4.47. The van der Waals surface area contributed by atoms with Gasteiger partial charge in [-0.3, -0.25) is 0 Å². The van der Waals surface area contributed by atoms with Gasteiger partial charge in [-0.05, 0) is 31.3 Å². The van der Waals surface area contributed by atoms with Crippen molar-refractivity contribution in [1.82, 2.24) is 4.72 Å². The van der Waals surface area contributed by atoms with E-state index in [2.05, 4.69) is 9.46 Å². The van der Waals surface area contributed by atoms with E-state index in [9.17, 15) is 13.2 Å². The summed E-state index contributed by atoms with van der Waals surface area (Å²) < 4.78 is 34.5. The molecule has 0 heterocycles. The maximum absolute atomic E-state index is 11.4. The molecule has 0 unspecified atom stereocenters. The molecule has 0 saturated carbocycles. The molecule has 1 aromatic rings. The number of methoxy groups -OCH3 is 1. The molecule has 0 fully saturated rings. The van der Waals surface area contributed by atoms with E-state index < -0.39 is 16.0 Å². The predicted octanol–water partition coefficient (Wildman–Crippen LogP) is 0.146. The zero-order valence-electron chi connectivity index (χ0n) is 9.47. The fourth-order valence-electron chi connectivity index (χ4n) is 1.03. The van der Waals surface area contributed by atoms with Crippen molar-refractivity contribution in [1.29, 1.82) is 0 Å². The van der Waals surface area contributed by atoms with Gasteiger partial charge in [0.2, 0.25) is 10.0 Å². The van der Waals surface area contributed by atoms with Gasteiger partial charge in [0.15, 0.2) is 6.61 Å². The monoisotopic (exact) mass is 259 g/mol. The lowest BCUT2D eigenvalue weighted by Crippen LogP contribution is -2.18. The van der Waals surface area contributed by atoms with Crippen LogP contribution in [0.1, 0.15) is 0 Å². The van der Waals surface area contributed by atoms with Crippen molar-refractivity contribution in [2.45, 2.75) is 4.90 Å². The molecule has 7 heteroatoms. The van der Waals surface area contributed by atoms with Crippen LogP contribution in [0.25, 0.3) is 0 Å². The number of benzene rings is 1. The van der Waals surface area contributed by atoms with Crippen LogP contribution in [-0.2, 0) is 19.6 Å². The van der Waals surface area contributed by atoms with Crippen molar-refractivity contribution in [3.63, 3.8) is 0 Å². The third-order valence-corrected chi connectivity index (χ3v) is 3.42. The van der Waals surface area contributed by atoms with Gasteiger partial charge < -0.3 is 9.47 Å². The van der Waals surface area contributed by atoms with Crippen LogP contribution in [0.2, 0.25) is 0 Å². The summed E-state index contributed by atoms with van der Waals surface area (Å²) in [5, 5.41) is 0. The molecule has 1 aromatic carbocycles. The first-order chi connectivity index (χ1) is 7.99. The van der Waals surface area contributed by atoms with Gasteiger partial charge >= 0.3 is 5.97 Å². The number of ether oxygens (including phenoxy) is 2. The number of nitrogens with one attached hydrogen (secondary N) is 1. The zero-order valence-corrected chi connectivity index (χ0v) is 10.3. The summed E-state index contributed by atoms with van der Waals surface area (Å²) in [4.78, 5) is 10.9. The fraction of sp³-hybridized carbons (Fsp3) is 0.300. The van der Waals surface area contributed by atoms with Crippen LogP contribution in [0, 0.1) is 0 Å². The molecule has 17 heavy (non-hydrogen) atoms. The van der Waals surface area contributed by atoms with E-state index in [-0.39, 0.29) is 11.5 Å². The summed E-state index contributed by atoms with van der Waals surface area (Å²) in [6, 6.07) is 5.71. The Morgan fingerprint density at radius 2 is 1.88 bits per heavy atom. The summed E-state index contributed by atoms with van der Waals surface area (Å²) in [6.45, 7) is -0.214. The zero-order chi connectivity index (χ0) is 12.9. The van der Waals surface area contributed by atoms with Crippen molar-refractivity contribution >= 4 is 16.0 Å². The molecule has 0 spiro atoms. The summed E-state index contributed by atoms with van der Waals surface area (Å²) in [6.07, 6.45) is 0. The fourth-order valence-corrected chi connectivity index (χ4v) is 1.76. The molecule has 94 valence electrons. The number of esters is 1. The normalized spacial score (nSPS) is 10.9. The standard InChI is InChI=1S/C10H13NO5S/c1-11-17(13,14)9-5-3-8(4-6-9)16-7-10(12)15-2/h3-6,11H,7H2,1-2H3. The molecule has 0 aromatic heterocycles. The smallest absolute Gasteiger partial charge is 0.343 e. The number of rotatable bonds is 5. The van der Waals surface area contributed by atoms with E-state index in [1.165, 1.54) is 38.4 Å². The van der Waals surface area contributed by atoms with Crippen molar-refractivity contribution in [3.8, 4) is 5.75 Å². The maximum atomic E-state index is 11.4. The second-order valence-electron chi connectivity index (χ2n) is 3.04. The average Bonchev–Trinajstić information content (AvgIpc) is 2.36. The second-order valence-corrected chi connectivity index (χ2v) is 4.93. The molecular weight excluding hydrogens is 246 g/mol. The van der Waals surface area contributed by atoms with E-state index in [0.717, 1.165) is 0 Å². The molecule has 0 radical (unpaired) electrons. The summed E-state index contributed by atoms with van der Waals surface area (Å²) in [5.41, 5.74) is 0. The van der Waals surface area contributed by atoms with Crippen LogP contribution in [0.3, 0.4) is 0 Å². The highest BCUT2D eigenvalue weighted by Crippen LogP contribution is 2.15. The summed E-state index contributed by atoms with van der Waals surface area (Å²) in [7, 11) is -0.859. The number of sulfonamides is 1. The maximum Gasteiger partial charge on any atom is 0.343 e. The molecule has 0 atom stereocenters.